The molecule has 0 aromatic carbocycles. The summed E-state index contributed by atoms with van der Waals surface area (Å²) in [6.45, 7) is 6.55. The standard InChI is InChI=1S/C66H118O6/c1-4-7-10-13-16-19-22-25-28-31-33-35-38-41-44-47-50-53-56-59-65(68)71-62-63(61-70-64(67)58-55-52-49-46-43-40-37-30-27-24-21-18-15-12-9-6-3)72-66(69)60-57-54-51-48-45-42-39-36-34-32-29-26-23-20-17-14-11-8-5-2/h9,12,18,21,27,30-34,63H,4-8,10-11,13-17,19-20,22-26,28-29,35-62H2,1-3H3/b12-9-,21-18-,30-27-,33-31-,34-32-. The lowest BCUT2D eigenvalue weighted by Crippen LogP contribution is -2.30. The first kappa shape index (κ1) is 69.1. The van der Waals surface area contributed by atoms with E-state index in [4.69, 9.17) is 14.2 Å². The quantitative estimate of drug-likeness (QED) is 0.0261. The molecule has 0 aliphatic rings. The highest BCUT2D eigenvalue weighted by Gasteiger charge is 2.19. The van der Waals surface area contributed by atoms with Crippen LogP contribution >= 0.6 is 0 Å². The van der Waals surface area contributed by atoms with Crippen LogP contribution in [0, 0.1) is 0 Å². The number of esters is 3. The SMILES string of the molecule is CC/C=C\C/C=C\C/C=C\CCCCCCCCC(=O)OCC(COC(=O)CCCCCCCCC/C=C\CCCCCCCCCC)OC(=O)CCCCCCCCC/C=C\CCCCCCCCCC. The van der Waals surface area contributed by atoms with Crippen molar-refractivity contribution in [1.29, 1.82) is 0 Å². The maximum absolute atomic E-state index is 12.9. The third-order valence-electron chi connectivity index (χ3n) is 13.7. The topological polar surface area (TPSA) is 78.9 Å². The molecule has 0 aromatic rings. The van der Waals surface area contributed by atoms with E-state index in [2.05, 4.69) is 81.5 Å². The predicted molar refractivity (Wildman–Crippen MR) is 312 cm³/mol. The lowest BCUT2D eigenvalue weighted by atomic mass is 10.1. The van der Waals surface area contributed by atoms with E-state index in [9.17, 15) is 14.4 Å². The van der Waals surface area contributed by atoms with Crippen LogP contribution in [0.4, 0.5) is 0 Å². The van der Waals surface area contributed by atoms with Crippen LogP contribution in [0.3, 0.4) is 0 Å². The Morgan fingerprint density at radius 1 is 0.292 bits per heavy atom. The third-order valence-corrected chi connectivity index (χ3v) is 13.7. The first-order valence-corrected chi connectivity index (χ1v) is 31.3. The Morgan fingerprint density at radius 3 is 0.861 bits per heavy atom. The van der Waals surface area contributed by atoms with E-state index in [1.807, 2.05) is 0 Å². The van der Waals surface area contributed by atoms with Crippen molar-refractivity contribution in [3.63, 3.8) is 0 Å². The van der Waals surface area contributed by atoms with E-state index < -0.39 is 6.10 Å². The van der Waals surface area contributed by atoms with E-state index in [1.54, 1.807) is 0 Å². The Bertz CT molecular complexity index is 1290. The van der Waals surface area contributed by atoms with Crippen molar-refractivity contribution in [3.8, 4) is 0 Å². The Kier molecular flexibility index (Phi) is 58.2. The number of hydrogen-bond acceptors (Lipinski definition) is 6. The largest absolute Gasteiger partial charge is 0.462 e. The molecule has 0 amide bonds. The summed E-state index contributed by atoms with van der Waals surface area (Å²) in [5.74, 6) is -0.887. The molecule has 0 rings (SSSR count). The number of unbranched alkanes of at least 4 members (excludes halogenated alkanes) is 36. The van der Waals surface area contributed by atoms with Gasteiger partial charge in [0.05, 0.1) is 0 Å². The van der Waals surface area contributed by atoms with Gasteiger partial charge in [0.15, 0.2) is 6.10 Å². The number of carbonyl (C=O) groups excluding carboxylic acids is 3. The summed E-state index contributed by atoms with van der Waals surface area (Å²) in [4.78, 5) is 38.3. The van der Waals surface area contributed by atoms with Gasteiger partial charge < -0.3 is 14.2 Å². The van der Waals surface area contributed by atoms with Gasteiger partial charge in [-0.25, -0.2) is 0 Å². The normalized spacial score (nSPS) is 12.4. The zero-order chi connectivity index (χ0) is 52.2. The summed E-state index contributed by atoms with van der Waals surface area (Å²) in [5.41, 5.74) is 0. The molecule has 418 valence electrons. The van der Waals surface area contributed by atoms with Crippen molar-refractivity contribution in [1.82, 2.24) is 0 Å². The summed E-state index contributed by atoms with van der Waals surface area (Å²) in [6, 6.07) is 0. The number of rotatable bonds is 57. The fraction of sp³-hybridized carbons (Fsp3) is 0.803. The first-order valence-electron chi connectivity index (χ1n) is 31.3. The molecular weight excluding hydrogens is 889 g/mol. The summed E-state index contributed by atoms with van der Waals surface area (Å²) < 4.78 is 16.9. The Labute approximate surface area is 447 Å². The molecule has 0 aliphatic carbocycles. The summed E-state index contributed by atoms with van der Waals surface area (Å²) in [6.07, 6.45) is 76.5. The van der Waals surface area contributed by atoms with Crippen LogP contribution in [0.1, 0.15) is 323 Å². The molecule has 0 bridgehead atoms. The minimum Gasteiger partial charge on any atom is -0.462 e. The van der Waals surface area contributed by atoms with E-state index in [1.165, 1.54) is 199 Å². The molecule has 0 aromatic heterocycles. The van der Waals surface area contributed by atoms with Crippen molar-refractivity contribution in [2.45, 2.75) is 329 Å². The number of allylic oxidation sites excluding steroid dienone is 10. The van der Waals surface area contributed by atoms with Gasteiger partial charge in [-0.15, -0.1) is 0 Å². The van der Waals surface area contributed by atoms with Gasteiger partial charge in [-0.3, -0.25) is 14.4 Å². The molecule has 0 spiro atoms. The van der Waals surface area contributed by atoms with Crippen molar-refractivity contribution < 1.29 is 28.6 Å². The van der Waals surface area contributed by atoms with Crippen molar-refractivity contribution in [2.24, 2.45) is 0 Å². The average molecular weight is 1010 g/mol. The zero-order valence-corrected chi connectivity index (χ0v) is 47.9. The number of hydrogen-bond donors (Lipinski definition) is 0. The van der Waals surface area contributed by atoms with Crippen LogP contribution in [0.15, 0.2) is 60.8 Å². The zero-order valence-electron chi connectivity index (χ0n) is 47.9. The molecule has 0 fully saturated rings. The molecule has 0 heterocycles. The van der Waals surface area contributed by atoms with Gasteiger partial charge in [-0.1, -0.05) is 261 Å². The highest BCUT2D eigenvalue weighted by molar-refractivity contribution is 5.71. The maximum atomic E-state index is 12.9. The molecule has 0 aliphatic heterocycles. The van der Waals surface area contributed by atoms with Crippen LogP contribution < -0.4 is 0 Å². The highest BCUT2D eigenvalue weighted by Crippen LogP contribution is 2.16. The van der Waals surface area contributed by atoms with Gasteiger partial charge in [-0.05, 0) is 103 Å². The molecule has 0 saturated heterocycles. The predicted octanol–water partition coefficient (Wildman–Crippen LogP) is 21.2. The van der Waals surface area contributed by atoms with E-state index in [0.29, 0.717) is 19.3 Å². The van der Waals surface area contributed by atoms with Gasteiger partial charge in [0.1, 0.15) is 13.2 Å². The first-order chi connectivity index (χ1) is 35.5. The van der Waals surface area contributed by atoms with Crippen LogP contribution in [-0.4, -0.2) is 37.2 Å². The van der Waals surface area contributed by atoms with Gasteiger partial charge in [0, 0.05) is 19.3 Å². The highest BCUT2D eigenvalue weighted by atomic mass is 16.6. The molecule has 1 unspecified atom stereocenters. The fourth-order valence-corrected chi connectivity index (χ4v) is 9.04. The van der Waals surface area contributed by atoms with E-state index >= 15 is 0 Å². The van der Waals surface area contributed by atoms with Crippen molar-refractivity contribution in [3.05, 3.63) is 60.8 Å². The fourth-order valence-electron chi connectivity index (χ4n) is 9.04. The lowest BCUT2D eigenvalue weighted by molar-refractivity contribution is -0.167. The molecule has 0 saturated carbocycles. The molecule has 1 atom stereocenters. The van der Waals surface area contributed by atoms with Crippen molar-refractivity contribution >= 4 is 17.9 Å². The van der Waals surface area contributed by atoms with Gasteiger partial charge in [0.2, 0.25) is 0 Å². The summed E-state index contributed by atoms with van der Waals surface area (Å²) >= 11 is 0. The second kappa shape index (κ2) is 60.7. The van der Waals surface area contributed by atoms with Crippen LogP contribution in [-0.2, 0) is 28.6 Å². The second-order valence-corrected chi connectivity index (χ2v) is 20.9. The van der Waals surface area contributed by atoms with Gasteiger partial charge in [-0.2, -0.15) is 0 Å². The summed E-state index contributed by atoms with van der Waals surface area (Å²) in [7, 11) is 0. The van der Waals surface area contributed by atoms with E-state index in [0.717, 1.165) is 83.5 Å². The molecule has 6 heteroatoms. The average Bonchev–Trinajstić information content (AvgIpc) is 3.38. The van der Waals surface area contributed by atoms with Crippen molar-refractivity contribution in [2.75, 3.05) is 13.2 Å². The number of ether oxygens (including phenoxy) is 3. The lowest BCUT2D eigenvalue weighted by Gasteiger charge is -2.18. The smallest absolute Gasteiger partial charge is 0.306 e. The monoisotopic (exact) mass is 1010 g/mol. The van der Waals surface area contributed by atoms with Gasteiger partial charge in [0.25, 0.3) is 0 Å². The Morgan fingerprint density at radius 2 is 0.542 bits per heavy atom. The number of carbonyl (C=O) groups is 3. The summed E-state index contributed by atoms with van der Waals surface area (Å²) in [5, 5.41) is 0. The van der Waals surface area contributed by atoms with Gasteiger partial charge >= 0.3 is 17.9 Å². The Balaban J connectivity index is 4.38. The molecule has 0 radical (unpaired) electrons. The van der Waals surface area contributed by atoms with Crippen LogP contribution in [0.2, 0.25) is 0 Å². The molecular formula is C66H118O6. The van der Waals surface area contributed by atoms with Crippen LogP contribution in [0.25, 0.3) is 0 Å². The minimum atomic E-state index is -0.784. The second-order valence-electron chi connectivity index (χ2n) is 20.9. The van der Waals surface area contributed by atoms with E-state index in [-0.39, 0.29) is 31.1 Å². The molecule has 0 N–H and O–H groups in total. The third kappa shape index (κ3) is 58.0. The Hall–Kier alpha value is -2.89. The molecule has 72 heavy (non-hydrogen) atoms. The maximum Gasteiger partial charge on any atom is 0.306 e. The van der Waals surface area contributed by atoms with Crippen LogP contribution in [0.5, 0.6) is 0 Å². The molecule has 6 nitrogen and oxygen atoms in total. The minimum absolute atomic E-state index is 0.0810.